The van der Waals surface area contributed by atoms with Crippen LogP contribution in [0, 0.1) is 0 Å². The SMILES string of the molecule is O=C1NCCCN1C1C=C(Cc2ccccc2)CCN1. The van der Waals surface area contributed by atoms with Crippen molar-refractivity contribution >= 4 is 6.03 Å². The van der Waals surface area contributed by atoms with Gasteiger partial charge >= 0.3 is 6.03 Å². The van der Waals surface area contributed by atoms with E-state index in [0.29, 0.717) is 0 Å². The zero-order chi connectivity index (χ0) is 13.8. The average Bonchev–Trinajstić information content (AvgIpc) is 2.49. The lowest BCUT2D eigenvalue weighted by atomic mass is 9.99. The van der Waals surface area contributed by atoms with E-state index in [1.165, 1.54) is 11.1 Å². The number of benzene rings is 1. The molecule has 2 aliphatic heterocycles. The van der Waals surface area contributed by atoms with Crippen LogP contribution in [0.25, 0.3) is 0 Å². The molecule has 4 nitrogen and oxygen atoms in total. The first kappa shape index (κ1) is 13.2. The Morgan fingerprint density at radius 1 is 1.20 bits per heavy atom. The molecule has 1 fully saturated rings. The number of nitrogens with one attached hydrogen (secondary N) is 2. The minimum absolute atomic E-state index is 0.0442. The molecule has 0 spiro atoms. The van der Waals surface area contributed by atoms with E-state index in [-0.39, 0.29) is 12.2 Å². The number of rotatable bonds is 3. The third-order valence-corrected chi connectivity index (χ3v) is 3.92. The number of amides is 2. The van der Waals surface area contributed by atoms with Crippen LogP contribution in [0.2, 0.25) is 0 Å². The van der Waals surface area contributed by atoms with Gasteiger partial charge in [0.05, 0.1) is 0 Å². The van der Waals surface area contributed by atoms with Crippen LogP contribution in [0.15, 0.2) is 42.0 Å². The Bertz CT molecular complexity index is 498. The van der Waals surface area contributed by atoms with Gasteiger partial charge in [0.15, 0.2) is 0 Å². The summed E-state index contributed by atoms with van der Waals surface area (Å²) in [5.41, 5.74) is 2.75. The van der Waals surface area contributed by atoms with Gasteiger partial charge in [0.25, 0.3) is 0 Å². The summed E-state index contributed by atoms with van der Waals surface area (Å²) in [5, 5.41) is 6.34. The van der Waals surface area contributed by atoms with Gasteiger partial charge in [0.2, 0.25) is 0 Å². The molecule has 2 aliphatic rings. The molecule has 2 N–H and O–H groups in total. The highest BCUT2D eigenvalue weighted by atomic mass is 16.2. The van der Waals surface area contributed by atoms with Crippen LogP contribution in [0.1, 0.15) is 18.4 Å². The smallest absolute Gasteiger partial charge is 0.318 e. The minimum atomic E-state index is 0.0442. The first-order valence-corrected chi connectivity index (χ1v) is 7.34. The lowest BCUT2D eigenvalue weighted by Crippen LogP contribution is -2.56. The van der Waals surface area contributed by atoms with Gasteiger partial charge in [0.1, 0.15) is 6.17 Å². The molecule has 1 atom stereocenters. The molecule has 0 aromatic heterocycles. The van der Waals surface area contributed by atoms with Crippen LogP contribution in [0.4, 0.5) is 4.79 Å². The zero-order valence-electron chi connectivity index (χ0n) is 11.6. The van der Waals surface area contributed by atoms with Crippen molar-refractivity contribution in [3.63, 3.8) is 0 Å². The molecule has 2 heterocycles. The van der Waals surface area contributed by atoms with Crippen molar-refractivity contribution < 1.29 is 4.79 Å². The molecule has 1 aromatic carbocycles. The third kappa shape index (κ3) is 3.02. The first-order valence-electron chi connectivity index (χ1n) is 7.34. The van der Waals surface area contributed by atoms with Crippen molar-refractivity contribution in [2.24, 2.45) is 0 Å². The maximum Gasteiger partial charge on any atom is 0.318 e. The van der Waals surface area contributed by atoms with Crippen molar-refractivity contribution in [3.8, 4) is 0 Å². The summed E-state index contributed by atoms with van der Waals surface area (Å²) in [6, 6.07) is 10.6. The summed E-state index contributed by atoms with van der Waals surface area (Å²) in [6.07, 6.45) is 5.32. The number of hydrogen-bond acceptors (Lipinski definition) is 2. The number of hydrogen-bond donors (Lipinski definition) is 2. The molecule has 1 aromatic rings. The van der Waals surface area contributed by atoms with E-state index in [2.05, 4.69) is 41.0 Å². The van der Waals surface area contributed by atoms with Crippen molar-refractivity contribution in [2.75, 3.05) is 19.6 Å². The number of nitrogens with zero attached hydrogens (tertiary/aromatic N) is 1. The molecular weight excluding hydrogens is 250 g/mol. The molecule has 1 saturated heterocycles. The Morgan fingerprint density at radius 2 is 2.05 bits per heavy atom. The molecule has 0 radical (unpaired) electrons. The van der Waals surface area contributed by atoms with E-state index in [9.17, 15) is 4.79 Å². The topological polar surface area (TPSA) is 44.4 Å². The maximum absolute atomic E-state index is 11.9. The van der Waals surface area contributed by atoms with E-state index >= 15 is 0 Å². The highest BCUT2D eigenvalue weighted by Gasteiger charge is 2.26. The Hall–Kier alpha value is -1.81. The van der Waals surface area contributed by atoms with E-state index in [1.54, 1.807) is 0 Å². The van der Waals surface area contributed by atoms with Gasteiger partial charge in [-0.05, 0) is 30.9 Å². The first-order chi connectivity index (χ1) is 9.83. The molecule has 20 heavy (non-hydrogen) atoms. The van der Waals surface area contributed by atoms with E-state index in [1.807, 2.05) is 11.0 Å². The molecular formula is C16H21N3O. The van der Waals surface area contributed by atoms with Crippen LogP contribution in [0.5, 0.6) is 0 Å². The molecule has 106 valence electrons. The van der Waals surface area contributed by atoms with Crippen molar-refractivity contribution in [1.29, 1.82) is 0 Å². The molecule has 1 unspecified atom stereocenters. The molecule has 0 saturated carbocycles. The van der Waals surface area contributed by atoms with E-state index in [0.717, 1.165) is 38.9 Å². The van der Waals surface area contributed by atoms with Gasteiger partial charge in [-0.15, -0.1) is 0 Å². The van der Waals surface area contributed by atoms with Crippen LogP contribution in [0.3, 0.4) is 0 Å². The number of carbonyl (C=O) groups is 1. The van der Waals surface area contributed by atoms with Gasteiger partial charge in [-0.3, -0.25) is 5.32 Å². The fourth-order valence-corrected chi connectivity index (χ4v) is 2.86. The second-order valence-corrected chi connectivity index (χ2v) is 5.42. The molecule has 2 amide bonds. The second kappa shape index (κ2) is 6.09. The summed E-state index contributed by atoms with van der Waals surface area (Å²) in [4.78, 5) is 13.8. The summed E-state index contributed by atoms with van der Waals surface area (Å²) < 4.78 is 0. The fourth-order valence-electron chi connectivity index (χ4n) is 2.86. The summed E-state index contributed by atoms with van der Waals surface area (Å²) in [7, 11) is 0. The lowest BCUT2D eigenvalue weighted by Gasteiger charge is -2.36. The number of carbonyl (C=O) groups excluding carboxylic acids is 1. The van der Waals surface area contributed by atoms with E-state index < -0.39 is 0 Å². The van der Waals surface area contributed by atoms with Gasteiger partial charge in [-0.2, -0.15) is 0 Å². The van der Waals surface area contributed by atoms with E-state index in [4.69, 9.17) is 0 Å². The normalized spacial score (nSPS) is 23.2. The highest BCUT2D eigenvalue weighted by molar-refractivity contribution is 5.75. The summed E-state index contributed by atoms with van der Waals surface area (Å²) in [5.74, 6) is 0. The highest BCUT2D eigenvalue weighted by Crippen LogP contribution is 2.17. The monoisotopic (exact) mass is 271 g/mol. The van der Waals surface area contributed by atoms with Crippen LogP contribution in [-0.2, 0) is 6.42 Å². The molecule has 3 rings (SSSR count). The molecule has 0 bridgehead atoms. The Morgan fingerprint density at radius 3 is 2.85 bits per heavy atom. The zero-order valence-corrected chi connectivity index (χ0v) is 11.6. The van der Waals surface area contributed by atoms with Crippen LogP contribution < -0.4 is 10.6 Å². The second-order valence-electron chi connectivity index (χ2n) is 5.42. The standard InChI is InChI=1S/C16H21N3O/c20-16-18-8-4-10-19(16)15-12-14(7-9-17-15)11-13-5-2-1-3-6-13/h1-3,5-6,12,15,17H,4,7-11H2,(H,18,20). The quantitative estimate of drug-likeness (QED) is 0.825. The van der Waals surface area contributed by atoms with Crippen LogP contribution >= 0.6 is 0 Å². The number of urea groups is 1. The Balaban J connectivity index is 1.70. The van der Waals surface area contributed by atoms with Crippen LogP contribution in [-0.4, -0.2) is 36.7 Å². The fraction of sp³-hybridized carbons (Fsp3) is 0.438. The Labute approximate surface area is 119 Å². The third-order valence-electron chi connectivity index (χ3n) is 3.92. The largest absolute Gasteiger partial charge is 0.338 e. The average molecular weight is 271 g/mol. The minimum Gasteiger partial charge on any atom is -0.338 e. The van der Waals surface area contributed by atoms with Gasteiger partial charge in [-0.25, -0.2) is 4.79 Å². The Kier molecular flexibility index (Phi) is 4.02. The maximum atomic E-state index is 11.9. The van der Waals surface area contributed by atoms with Gasteiger partial charge in [0, 0.05) is 19.6 Å². The van der Waals surface area contributed by atoms with Crippen molar-refractivity contribution in [3.05, 3.63) is 47.5 Å². The predicted molar refractivity (Wildman–Crippen MR) is 79.4 cm³/mol. The summed E-state index contributed by atoms with van der Waals surface area (Å²) in [6.45, 7) is 2.56. The van der Waals surface area contributed by atoms with Crippen molar-refractivity contribution in [2.45, 2.75) is 25.4 Å². The van der Waals surface area contributed by atoms with Gasteiger partial charge in [-0.1, -0.05) is 35.9 Å². The summed E-state index contributed by atoms with van der Waals surface area (Å²) >= 11 is 0. The van der Waals surface area contributed by atoms with Crippen molar-refractivity contribution in [1.82, 2.24) is 15.5 Å². The van der Waals surface area contributed by atoms with Gasteiger partial charge < -0.3 is 10.2 Å². The predicted octanol–water partition coefficient (Wildman–Crippen LogP) is 1.89. The molecule has 0 aliphatic carbocycles. The lowest BCUT2D eigenvalue weighted by molar-refractivity contribution is 0.161. The molecule has 4 heteroatoms.